The van der Waals surface area contributed by atoms with Crippen LogP contribution in [0, 0.1) is 12.7 Å². The number of methoxy groups -OCH3 is 1. The molecular formula is C24H26FNO2. The number of hydrogen-bond acceptors (Lipinski definition) is 3. The largest absolute Gasteiger partial charge is 0.493 e. The summed E-state index contributed by atoms with van der Waals surface area (Å²) >= 11 is 0. The lowest BCUT2D eigenvalue weighted by atomic mass is 10.1. The molecule has 146 valence electrons. The van der Waals surface area contributed by atoms with E-state index in [0.717, 1.165) is 22.4 Å². The summed E-state index contributed by atoms with van der Waals surface area (Å²) in [5, 5.41) is 3.37. The van der Waals surface area contributed by atoms with Gasteiger partial charge < -0.3 is 14.8 Å². The number of ether oxygens (including phenoxy) is 2. The molecule has 0 heterocycles. The predicted molar refractivity (Wildman–Crippen MR) is 110 cm³/mol. The van der Waals surface area contributed by atoms with Gasteiger partial charge in [0.05, 0.1) is 7.11 Å². The molecule has 1 N–H and O–H groups in total. The summed E-state index contributed by atoms with van der Waals surface area (Å²) in [4.78, 5) is 0. The number of halogens is 1. The molecule has 4 heteroatoms. The molecule has 0 bridgehead atoms. The van der Waals surface area contributed by atoms with Crippen LogP contribution < -0.4 is 14.8 Å². The van der Waals surface area contributed by atoms with Crippen LogP contribution in [0.2, 0.25) is 0 Å². The van der Waals surface area contributed by atoms with Gasteiger partial charge in [-0.25, -0.2) is 4.39 Å². The number of aryl methyl sites for hydroxylation is 1. The van der Waals surface area contributed by atoms with Crippen molar-refractivity contribution in [2.75, 3.05) is 13.7 Å². The van der Waals surface area contributed by atoms with Crippen molar-refractivity contribution in [1.29, 1.82) is 0 Å². The summed E-state index contributed by atoms with van der Waals surface area (Å²) in [6.45, 7) is 3.84. The topological polar surface area (TPSA) is 30.5 Å². The Morgan fingerprint density at radius 1 is 0.929 bits per heavy atom. The van der Waals surface area contributed by atoms with Crippen LogP contribution in [0.1, 0.15) is 22.3 Å². The quantitative estimate of drug-likeness (QED) is 0.528. The first-order valence-electron chi connectivity index (χ1n) is 9.45. The molecule has 3 nitrogen and oxygen atoms in total. The van der Waals surface area contributed by atoms with Gasteiger partial charge in [-0.05, 0) is 43.1 Å². The molecule has 28 heavy (non-hydrogen) atoms. The third-order valence-corrected chi connectivity index (χ3v) is 4.59. The van der Waals surface area contributed by atoms with Gasteiger partial charge in [0, 0.05) is 12.1 Å². The minimum absolute atomic E-state index is 0.159. The van der Waals surface area contributed by atoms with Gasteiger partial charge >= 0.3 is 0 Å². The average Bonchev–Trinajstić information content (AvgIpc) is 2.71. The Labute approximate surface area is 166 Å². The van der Waals surface area contributed by atoms with E-state index in [9.17, 15) is 4.39 Å². The van der Waals surface area contributed by atoms with Gasteiger partial charge in [0.25, 0.3) is 0 Å². The minimum atomic E-state index is -0.159. The molecule has 0 radical (unpaired) electrons. The fourth-order valence-electron chi connectivity index (χ4n) is 3.13. The Hall–Kier alpha value is -2.85. The van der Waals surface area contributed by atoms with Gasteiger partial charge in [0.2, 0.25) is 0 Å². The fourth-order valence-corrected chi connectivity index (χ4v) is 3.13. The smallest absolute Gasteiger partial charge is 0.166 e. The Kier molecular flexibility index (Phi) is 7.04. The van der Waals surface area contributed by atoms with Crippen LogP contribution >= 0.6 is 0 Å². The first kappa shape index (κ1) is 19.9. The van der Waals surface area contributed by atoms with Crippen LogP contribution in [-0.2, 0) is 19.6 Å². The van der Waals surface area contributed by atoms with Gasteiger partial charge in [-0.2, -0.15) is 0 Å². The zero-order valence-corrected chi connectivity index (χ0v) is 16.4. The molecule has 0 atom stereocenters. The third kappa shape index (κ3) is 5.33. The van der Waals surface area contributed by atoms with Crippen molar-refractivity contribution in [3.63, 3.8) is 0 Å². The maximum atomic E-state index is 13.7. The van der Waals surface area contributed by atoms with E-state index < -0.39 is 0 Å². The summed E-state index contributed by atoms with van der Waals surface area (Å²) in [5.74, 6) is 1.29. The molecule has 0 aromatic heterocycles. The zero-order valence-electron chi connectivity index (χ0n) is 16.4. The maximum absolute atomic E-state index is 13.7. The van der Waals surface area contributed by atoms with Crippen LogP contribution in [0.4, 0.5) is 4.39 Å². The lowest BCUT2D eigenvalue weighted by Gasteiger charge is -2.16. The molecule has 0 amide bonds. The second-order valence-corrected chi connectivity index (χ2v) is 6.74. The maximum Gasteiger partial charge on any atom is 0.166 e. The number of benzene rings is 3. The Balaban J connectivity index is 1.63. The standard InChI is InChI=1S/C24H26FNO2/c1-18-7-5-8-19(15-18)17-28-24-21(10-6-12-23(24)27-2)16-26-14-13-20-9-3-4-11-22(20)25/h3-12,15,26H,13-14,16-17H2,1-2H3. The molecule has 0 unspecified atom stereocenters. The summed E-state index contributed by atoms with van der Waals surface area (Å²) in [6.07, 6.45) is 0.635. The number of para-hydroxylation sites is 1. The van der Waals surface area contributed by atoms with Crippen molar-refractivity contribution in [1.82, 2.24) is 5.32 Å². The average molecular weight is 379 g/mol. The highest BCUT2D eigenvalue weighted by molar-refractivity contribution is 5.46. The van der Waals surface area contributed by atoms with E-state index in [1.54, 1.807) is 13.2 Å². The summed E-state index contributed by atoms with van der Waals surface area (Å²) < 4.78 is 25.3. The first-order chi connectivity index (χ1) is 13.7. The summed E-state index contributed by atoms with van der Waals surface area (Å²) in [7, 11) is 1.64. The Morgan fingerprint density at radius 3 is 2.50 bits per heavy atom. The molecule has 0 saturated carbocycles. The van der Waals surface area contributed by atoms with Crippen LogP contribution in [0.25, 0.3) is 0 Å². The van der Waals surface area contributed by atoms with Gasteiger partial charge in [0.1, 0.15) is 12.4 Å². The fraction of sp³-hybridized carbons (Fsp3) is 0.250. The van der Waals surface area contributed by atoms with Gasteiger partial charge in [0.15, 0.2) is 11.5 Å². The third-order valence-electron chi connectivity index (χ3n) is 4.59. The second kappa shape index (κ2) is 9.90. The van der Waals surface area contributed by atoms with Crippen LogP contribution in [0.3, 0.4) is 0 Å². The highest BCUT2D eigenvalue weighted by atomic mass is 19.1. The monoisotopic (exact) mass is 379 g/mol. The van der Waals surface area contributed by atoms with Crippen molar-refractivity contribution in [2.24, 2.45) is 0 Å². The SMILES string of the molecule is COc1cccc(CNCCc2ccccc2F)c1OCc1cccc(C)c1. The molecule has 0 aliphatic heterocycles. The summed E-state index contributed by atoms with van der Waals surface area (Å²) in [5.41, 5.74) is 4.05. The molecule has 0 fully saturated rings. The van der Waals surface area contributed by atoms with Gasteiger partial charge in [-0.1, -0.05) is 60.2 Å². The molecule has 0 spiro atoms. The molecule has 0 aliphatic carbocycles. The number of rotatable bonds is 9. The molecule has 0 aliphatic rings. The molecule has 3 aromatic carbocycles. The predicted octanol–water partition coefficient (Wildman–Crippen LogP) is 5.05. The van der Waals surface area contributed by atoms with E-state index in [2.05, 4.69) is 30.4 Å². The lowest BCUT2D eigenvalue weighted by Crippen LogP contribution is -2.18. The molecule has 3 aromatic rings. The number of hydrogen-bond donors (Lipinski definition) is 1. The van der Waals surface area contributed by atoms with E-state index in [-0.39, 0.29) is 5.82 Å². The lowest BCUT2D eigenvalue weighted by molar-refractivity contribution is 0.280. The van der Waals surface area contributed by atoms with Crippen LogP contribution in [-0.4, -0.2) is 13.7 Å². The molecule has 3 rings (SSSR count). The zero-order chi connectivity index (χ0) is 19.8. The van der Waals surface area contributed by atoms with Crippen LogP contribution in [0.15, 0.2) is 66.7 Å². The van der Waals surface area contributed by atoms with Gasteiger partial charge in [-0.3, -0.25) is 0 Å². The van der Waals surface area contributed by atoms with Crippen molar-refractivity contribution < 1.29 is 13.9 Å². The second-order valence-electron chi connectivity index (χ2n) is 6.74. The Morgan fingerprint density at radius 2 is 1.71 bits per heavy atom. The molecular weight excluding hydrogens is 353 g/mol. The first-order valence-corrected chi connectivity index (χ1v) is 9.45. The van der Waals surface area contributed by atoms with Crippen molar-refractivity contribution >= 4 is 0 Å². The summed E-state index contributed by atoms with van der Waals surface area (Å²) in [6, 6.07) is 21.0. The number of nitrogens with one attached hydrogen (secondary N) is 1. The normalized spacial score (nSPS) is 10.7. The van der Waals surface area contributed by atoms with Crippen molar-refractivity contribution in [2.45, 2.75) is 26.5 Å². The van der Waals surface area contributed by atoms with Gasteiger partial charge in [-0.15, -0.1) is 0 Å². The van der Waals surface area contributed by atoms with E-state index in [1.807, 2.05) is 36.4 Å². The van der Waals surface area contributed by atoms with E-state index in [1.165, 1.54) is 11.6 Å². The van der Waals surface area contributed by atoms with Crippen LogP contribution in [0.5, 0.6) is 11.5 Å². The minimum Gasteiger partial charge on any atom is -0.493 e. The highest BCUT2D eigenvalue weighted by Crippen LogP contribution is 2.31. The molecule has 0 saturated heterocycles. The van der Waals surface area contributed by atoms with E-state index in [4.69, 9.17) is 9.47 Å². The van der Waals surface area contributed by atoms with E-state index in [0.29, 0.717) is 31.9 Å². The Bertz CT molecular complexity index is 911. The van der Waals surface area contributed by atoms with Crippen molar-refractivity contribution in [3.8, 4) is 11.5 Å². The van der Waals surface area contributed by atoms with E-state index >= 15 is 0 Å². The van der Waals surface area contributed by atoms with Crippen molar-refractivity contribution in [3.05, 3.63) is 94.8 Å². The highest BCUT2D eigenvalue weighted by Gasteiger charge is 2.11.